The summed E-state index contributed by atoms with van der Waals surface area (Å²) in [5, 5.41) is 16.9. The Morgan fingerprint density at radius 1 is 0.893 bits per heavy atom. The Morgan fingerprint density at radius 2 is 1.43 bits per heavy atom. The van der Waals surface area contributed by atoms with E-state index in [9.17, 15) is 13.2 Å². The highest BCUT2D eigenvalue weighted by Crippen LogP contribution is 2.19. The summed E-state index contributed by atoms with van der Waals surface area (Å²) < 4.78 is 31.7. The summed E-state index contributed by atoms with van der Waals surface area (Å²) in [6, 6.07) is 23.0. The van der Waals surface area contributed by atoms with Crippen LogP contribution in [0.25, 0.3) is 10.8 Å². The Balaban J connectivity index is 0.000000345. The molecule has 0 saturated carbocycles. The van der Waals surface area contributed by atoms with Gasteiger partial charge in [0.15, 0.2) is 0 Å². The number of nitrogens with one attached hydrogen (secondary N) is 1. The van der Waals surface area contributed by atoms with Gasteiger partial charge in [-0.1, -0.05) is 60.7 Å². The van der Waals surface area contributed by atoms with Crippen LogP contribution >= 0.6 is 0 Å². The molecule has 0 aliphatic rings. The zero-order valence-corrected chi connectivity index (χ0v) is 14.8. The summed E-state index contributed by atoms with van der Waals surface area (Å²) in [5.41, 5.74) is 9.01. The normalized spacial score (nSPS) is 10.8. The molecule has 28 heavy (non-hydrogen) atoms. The van der Waals surface area contributed by atoms with Crippen LogP contribution in [-0.4, -0.2) is 23.1 Å². The van der Waals surface area contributed by atoms with Crippen LogP contribution in [0.15, 0.2) is 66.7 Å². The molecule has 3 aromatic rings. The van der Waals surface area contributed by atoms with Gasteiger partial charge in [0.25, 0.3) is 0 Å². The van der Waals surface area contributed by atoms with Gasteiger partial charge in [-0.15, -0.1) is 0 Å². The molecule has 0 atom stereocenters. The van der Waals surface area contributed by atoms with E-state index in [1.807, 2.05) is 24.3 Å². The molecule has 4 N–H and O–H groups in total. The highest BCUT2D eigenvalue weighted by Gasteiger charge is 2.38. The number of carboxylic acid groups (broad SMARTS) is 1. The topological polar surface area (TPSA) is 87.2 Å². The van der Waals surface area contributed by atoms with Crippen LogP contribution < -0.4 is 5.73 Å². The first kappa shape index (κ1) is 21.0. The van der Waals surface area contributed by atoms with Crippen LogP contribution in [-0.2, 0) is 17.6 Å². The zero-order valence-electron chi connectivity index (χ0n) is 14.8. The van der Waals surface area contributed by atoms with E-state index in [4.69, 9.17) is 21.0 Å². The van der Waals surface area contributed by atoms with Crippen molar-refractivity contribution < 1.29 is 23.1 Å². The largest absolute Gasteiger partial charge is 0.490 e. The summed E-state index contributed by atoms with van der Waals surface area (Å²) in [7, 11) is 0. The van der Waals surface area contributed by atoms with Crippen molar-refractivity contribution in [3.05, 3.63) is 83.4 Å². The first-order valence-corrected chi connectivity index (χ1v) is 8.38. The summed E-state index contributed by atoms with van der Waals surface area (Å²) in [6.07, 6.45) is -2.99. The van der Waals surface area contributed by atoms with E-state index in [-0.39, 0.29) is 5.84 Å². The molecule has 0 aromatic heterocycles. The van der Waals surface area contributed by atoms with Crippen molar-refractivity contribution in [2.24, 2.45) is 5.73 Å². The highest BCUT2D eigenvalue weighted by molar-refractivity contribution is 5.99. The van der Waals surface area contributed by atoms with Gasteiger partial charge in [-0.3, -0.25) is 5.41 Å². The maximum atomic E-state index is 10.6. The lowest BCUT2D eigenvalue weighted by Gasteiger charge is -2.06. The average Bonchev–Trinajstić information content (AvgIpc) is 2.66. The van der Waals surface area contributed by atoms with Gasteiger partial charge >= 0.3 is 12.1 Å². The highest BCUT2D eigenvalue weighted by atomic mass is 19.4. The summed E-state index contributed by atoms with van der Waals surface area (Å²) in [6.45, 7) is 0. The van der Waals surface area contributed by atoms with Crippen molar-refractivity contribution in [1.82, 2.24) is 0 Å². The molecule has 3 rings (SSSR count). The number of halogens is 3. The fraction of sp³-hybridized carbons (Fsp3) is 0.143. The molecule has 0 bridgehead atoms. The van der Waals surface area contributed by atoms with Crippen LogP contribution in [0.2, 0.25) is 0 Å². The number of aliphatic carboxylic acids is 1. The second kappa shape index (κ2) is 9.03. The molecular formula is C21H19F3N2O2. The minimum absolute atomic E-state index is 0.116. The lowest BCUT2D eigenvalue weighted by Crippen LogP contribution is -2.21. The molecule has 0 unspecified atom stereocenters. The molecule has 3 aromatic carbocycles. The van der Waals surface area contributed by atoms with Crippen molar-refractivity contribution in [1.29, 1.82) is 5.41 Å². The van der Waals surface area contributed by atoms with E-state index in [0.29, 0.717) is 0 Å². The van der Waals surface area contributed by atoms with E-state index < -0.39 is 12.1 Å². The van der Waals surface area contributed by atoms with Gasteiger partial charge in [0.2, 0.25) is 0 Å². The second-order valence-corrected chi connectivity index (χ2v) is 6.10. The Kier molecular flexibility index (Phi) is 6.76. The van der Waals surface area contributed by atoms with E-state index in [2.05, 4.69) is 42.5 Å². The summed E-state index contributed by atoms with van der Waals surface area (Å²) in [5.74, 6) is -2.64. The number of nitrogen functional groups attached to an aromatic ring is 1. The van der Waals surface area contributed by atoms with E-state index in [0.717, 1.165) is 23.8 Å². The van der Waals surface area contributed by atoms with Crippen molar-refractivity contribution >= 4 is 22.6 Å². The van der Waals surface area contributed by atoms with Gasteiger partial charge in [-0.05, 0) is 40.8 Å². The number of hydrogen-bond acceptors (Lipinski definition) is 2. The Hall–Kier alpha value is -3.35. The number of carbonyl (C=O) groups is 1. The van der Waals surface area contributed by atoms with Crippen molar-refractivity contribution in [2.75, 3.05) is 0 Å². The Bertz CT molecular complexity index is 970. The van der Waals surface area contributed by atoms with Gasteiger partial charge in [0.05, 0.1) is 0 Å². The predicted molar refractivity (Wildman–Crippen MR) is 103 cm³/mol. The van der Waals surface area contributed by atoms with Crippen LogP contribution in [0, 0.1) is 5.41 Å². The molecule has 7 heteroatoms. The molecule has 0 heterocycles. The number of nitrogens with two attached hydrogens (primary N) is 1. The molecule has 0 fully saturated rings. The van der Waals surface area contributed by atoms with Gasteiger partial charge < -0.3 is 10.8 Å². The second-order valence-electron chi connectivity index (χ2n) is 6.10. The first-order valence-electron chi connectivity index (χ1n) is 8.38. The lowest BCUT2D eigenvalue weighted by atomic mass is 10.00. The molecule has 0 saturated heterocycles. The van der Waals surface area contributed by atoms with Crippen LogP contribution in [0.4, 0.5) is 13.2 Å². The van der Waals surface area contributed by atoms with Gasteiger partial charge in [-0.2, -0.15) is 13.2 Å². The maximum Gasteiger partial charge on any atom is 0.490 e. The molecule has 146 valence electrons. The molecule has 0 amide bonds. The standard InChI is InChI=1S/C19H18N2.C2HF3O2/c20-19(21)18-11-10-16-12-15(8-9-17(16)13-18)7-6-14-4-2-1-3-5-14;3-2(4,5)1(6)7/h1-5,8-13H,6-7H2,(H3,20,21);(H,6,7). The Labute approximate surface area is 159 Å². The minimum atomic E-state index is -5.08. The molecule has 0 aliphatic carbocycles. The predicted octanol–water partition coefficient (Wildman–Crippen LogP) is 4.54. The number of fused-ring (bicyclic) bond motifs is 1. The first-order chi connectivity index (χ1) is 13.2. The third-order valence-corrected chi connectivity index (χ3v) is 4.00. The monoisotopic (exact) mass is 388 g/mol. The third kappa shape index (κ3) is 6.12. The number of alkyl halides is 3. The van der Waals surface area contributed by atoms with Crippen molar-refractivity contribution in [2.45, 2.75) is 19.0 Å². The fourth-order valence-corrected chi connectivity index (χ4v) is 2.55. The van der Waals surface area contributed by atoms with Crippen molar-refractivity contribution in [3.63, 3.8) is 0 Å². The number of benzene rings is 3. The molecule has 0 radical (unpaired) electrons. The van der Waals surface area contributed by atoms with Crippen molar-refractivity contribution in [3.8, 4) is 0 Å². The summed E-state index contributed by atoms with van der Waals surface area (Å²) in [4.78, 5) is 8.90. The van der Waals surface area contributed by atoms with Crippen LogP contribution in [0.1, 0.15) is 16.7 Å². The summed E-state index contributed by atoms with van der Waals surface area (Å²) >= 11 is 0. The molecule has 0 aliphatic heterocycles. The van der Waals surface area contributed by atoms with Gasteiger partial charge in [0, 0.05) is 5.56 Å². The SMILES string of the molecule is N=C(N)c1ccc2cc(CCc3ccccc3)ccc2c1.O=C(O)C(F)(F)F. The number of carboxylic acids is 1. The van der Waals surface area contributed by atoms with Crippen LogP contribution in [0.3, 0.4) is 0 Å². The van der Waals surface area contributed by atoms with Gasteiger partial charge in [0.1, 0.15) is 5.84 Å². The quantitative estimate of drug-likeness (QED) is 0.453. The number of amidine groups is 1. The Morgan fingerprint density at radius 3 is 2.00 bits per heavy atom. The molecule has 4 nitrogen and oxygen atoms in total. The third-order valence-electron chi connectivity index (χ3n) is 4.00. The van der Waals surface area contributed by atoms with Crippen LogP contribution in [0.5, 0.6) is 0 Å². The van der Waals surface area contributed by atoms with Gasteiger partial charge in [-0.25, -0.2) is 4.79 Å². The smallest absolute Gasteiger partial charge is 0.475 e. The number of aryl methyl sites for hydroxylation is 2. The minimum Gasteiger partial charge on any atom is -0.475 e. The van der Waals surface area contributed by atoms with E-state index in [1.54, 1.807) is 0 Å². The lowest BCUT2D eigenvalue weighted by molar-refractivity contribution is -0.192. The number of rotatable bonds is 4. The molecule has 0 spiro atoms. The zero-order chi connectivity index (χ0) is 20.7. The van der Waals surface area contributed by atoms with E-state index in [1.165, 1.54) is 16.5 Å². The number of hydrogen-bond donors (Lipinski definition) is 3. The average molecular weight is 388 g/mol. The fourth-order valence-electron chi connectivity index (χ4n) is 2.55. The van der Waals surface area contributed by atoms with E-state index >= 15 is 0 Å². The molecular weight excluding hydrogens is 369 g/mol. The maximum absolute atomic E-state index is 10.6.